The third kappa shape index (κ3) is 4.75. The molecule has 0 amide bonds. The largest absolute Gasteiger partial charge is 0.462 e. The number of halogens is 1. The van der Waals surface area contributed by atoms with Gasteiger partial charge in [-0.1, -0.05) is 29.8 Å². The van der Waals surface area contributed by atoms with Crippen molar-refractivity contribution in [3.05, 3.63) is 53.1 Å². The zero-order valence-electron chi connectivity index (χ0n) is 16.3. The van der Waals surface area contributed by atoms with Gasteiger partial charge in [-0.2, -0.15) is 4.31 Å². The Balaban J connectivity index is 1.67. The van der Waals surface area contributed by atoms with E-state index in [1.54, 1.807) is 37.3 Å². The molecule has 2 heterocycles. The lowest BCUT2D eigenvalue weighted by molar-refractivity contribution is 0.0525. The van der Waals surface area contributed by atoms with Crippen LogP contribution in [0.3, 0.4) is 0 Å². The average Bonchev–Trinajstić information content (AvgIpc) is 2.74. The van der Waals surface area contributed by atoms with Gasteiger partial charge in [0.2, 0.25) is 10.0 Å². The minimum Gasteiger partial charge on any atom is -0.462 e. The SMILES string of the molecule is CCOC(=O)c1cnc(C(C)N2CCN(S(=O)(=O)c3ccccc3)CC2)nc1Cl. The van der Waals surface area contributed by atoms with E-state index in [1.165, 1.54) is 10.5 Å². The van der Waals surface area contributed by atoms with Gasteiger partial charge in [0.1, 0.15) is 16.5 Å². The van der Waals surface area contributed by atoms with Gasteiger partial charge in [-0.15, -0.1) is 0 Å². The van der Waals surface area contributed by atoms with Crippen molar-refractivity contribution in [3.63, 3.8) is 0 Å². The lowest BCUT2D eigenvalue weighted by Crippen LogP contribution is -2.49. The Bertz CT molecular complexity index is 963. The predicted molar refractivity (Wildman–Crippen MR) is 108 cm³/mol. The summed E-state index contributed by atoms with van der Waals surface area (Å²) >= 11 is 6.14. The van der Waals surface area contributed by atoms with Crippen LogP contribution in [-0.4, -0.2) is 66.3 Å². The maximum Gasteiger partial charge on any atom is 0.342 e. The number of hydrogen-bond acceptors (Lipinski definition) is 7. The molecule has 3 rings (SSSR count). The molecular weight excluding hydrogens is 416 g/mol. The van der Waals surface area contributed by atoms with Crippen LogP contribution >= 0.6 is 11.6 Å². The Morgan fingerprint density at radius 3 is 2.45 bits per heavy atom. The molecule has 1 unspecified atom stereocenters. The molecule has 0 bridgehead atoms. The molecule has 0 N–H and O–H groups in total. The number of aromatic nitrogens is 2. The van der Waals surface area contributed by atoms with E-state index in [-0.39, 0.29) is 23.4 Å². The number of sulfonamides is 1. The molecule has 1 saturated heterocycles. The van der Waals surface area contributed by atoms with Crippen LogP contribution < -0.4 is 0 Å². The lowest BCUT2D eigenvalue weighted by Gasteiger charge is -2.36. The van der Waals surface area contributed by atoms with Gasteiger partial charge in [-0.05, 0) is 26.0 Å². The summed E-state index contributed by atoms with van der Waals surface area (Å²) in [5, 5.41) is 0.0468. The van der Waals surface area contributed by atoms with Gasteiger partial charge in [0.25, 0.3) is 0 Å². The quantitative estimate of drug-likeness (QED) is 0.505. The summed E-state index contributed by atoms with van der Waals surface area (Å²) in [6.45, 7) is 5.69. The van der Waals surface area contributed by atoms with Crippen LogP contribution in [0.4, 0.5) is 0 Å². The van der Waals surface area contributed by atoms with Crippen molar-refractivity contribution in [1.29, 1.82) is 0 Å². The van der Waals surface area contributed by atoms with Crippen LogP contribution in [0.1, 0.15) is 36.1 Å². The second kappa shape index (κ2) is 9.17. The number of rotatable bonds is 6. The highest BCUT2D eigenvalue weighted by Gasteiger charge is 2.31. The molecule has 1 atom stereocenters. The topological polar surface area (TPSA) is 92.7 Å². The minimum atomic E-state index is -3.50. The van der Waals surface area contributed by atoms with Crippen molar-refractivity contribution in [2.45, 2.75) is 24.8 Å². The molecule has 10 heteroatoms. The Morgan fingerprint density at radius 1 is 1.21 bits per heavy atom. The third-order valence-corrected chi connectivity index (χ3v) is 7.03. The smallest absolute Gasteiger partial charge is 0.342 e. The summed E-state index contributed by atoms with van der Waals surface area (Å²) in [7, 11) is -3.50. The second-order valence-electron chi connectivity index (χ2n) is 6.58. The fourth-order valence-corrected chi connectivity index (χ4v) is 4.81. The van der Waals surface area contributed by atoms with Crippen molar-refractivity contribution in [3.8, 4) is 0 Å². The van der Waals surface area contributed by atoms with E-state index < -0.39 is 16.0 Å². The van der Waals surface area contributed by atoms with Crippen LogP contribution in [0.5, 0.6) is 0 Å². The highest BCUT2D eigenvalue weighted by atomic mass is 35.5. The fraction of sp³-hybridized carbons (Fsp3) is 0.421. The maximum atomic E-state index is 12.8. The first-order valence-corrected chi connectivity index (χ1v) is 11.1. The molecular formula is C19H23ClN4O4S. The summed E-state index contributed by atoms with van der Waals surface area (Å²) in [6.07, 6.45) is 1.37. The number of hydrogen-bond donors (Lipinski definition) is 0. The van der Waals surface area contributed by atoms with Crippen LogP contribution in [0.25, 0.3) is 0 Å². The molecule has 0 saturated carbocycles. The zero-order valence-corrected chi connectivity index (χ0v) is 17.9. The van der Waals surface area contributed by atoms with E-state index >= 15 is 0 Å². The van der Waals surface area contributed by atoms with Gasteiger partial charge < -0.3 is 4.74 Å². The van der Waals surface area contributed by atoms with Crippen molar-refractivity contribution in [2.75, 3.05) is 32.8 Å². The van der Waals surface area contributed by atoms with E-state index in [4.69, 9.17) is 16.3 Å². The van der Waals surface area contributed by atoms with E-state index in [1.807, 2.05) is 6.92 Å². The van der Waals surface area contributed by atoms with Gasteiger partial charge in [-0.25, -0.2) is 23.2 Å². The Kier molecular flexibility index (Phi) is 6.84. The molecule has 1 aromatic heterocycles. The fourth-order valence-electron chi connectivity index (χ4n) is 3.16. The summed E-state index contributed by atoms with van der Waals surface area (Å²) in [5.41, 5.74) is 0.128. The Morgan fingerprint density at radius 2 is 1.86 bits per heavy atom. The summed E-state index contributed by atoms with van der Waals surface area (Å²) in [5.74, 6) is -0.0844. The molecule has 2 aromatic rings. The first kappa shape index (κ1) is 21.6. The van der Waals surface area contributed by atoms with E-state index in [2.05, 4.69) is 14.9 Å². The molecule has 156 valence electrons. The van der Waals surface area contributed by atoms with Gasteiger partial charge in [0.05, 0.1) is 17.5 Å². The first-order chi connectivity index (χ1) is 13.8. The number of benzene rings is 1. The number of carbonyl (C=O) groups is 1. The molecule has 1 aliphatic heterocycles. The Labute approximate surface area is 175 Å². The second-order valence-corrected chi connectivity index (χ2v) is 8.88. The molecule has 1 fully saturated rings. The molecule has 0 radical (unpaired) electrons. The number of esters is 1. The summed E-state index contributed by atoms with van der Waals surface area (Å²) in [6, 6.07) is 8.25. The van der Waals surface area contributed by atoms with Crippen molar-refractivity contribution < 1.29 is 17.9 Å². The minimum absolute atomic E-state index is 0.0468. The van der Waals surface area contributed by atoms with Crippen LogP contribution in [0, 0.1) is 0 Å². The lowest BCUT2D eigenvalue weighted by atomic mass is 10.2. The number of carbonyl (C=O) groups excluding carboxylic acids is 1. The molecule has 1 aliphatic rings. The third-order valence-electron chi connectivity index (χ3n) is 4.83. The normalized spacial score (nSPS) is 17.1. The van der Waals surface area contributed by atoms with Crippen molar-refractivity contribution >= 4 is 27.6 Å². The average molecular weight is 439 g/mol. The number of piperazine rings is 1. The first-order valence-electron chi connectivity index (χ1n) is 9.33. The predicted octanol–water partition coefficient (Wildman–Crippen LogP) is 2.37. The number of ether oxygens (including phenoxy) is 1. The van der Waals surface area contributed by atoms with Gasteiger partial charge in [-0.3, -0.25) is 4.90 Å². The van der Waals surface area contributed by atoms with E-state index in [0.717, 1.165) is 0 Å². The number of nitrogens with zero attached hydrogens (tertiary/aromatic N) is 4. The Hall–Kier alpha value is -2.07. The maximum absolute atomic E-state index is 12.8. The molecule has 8 nitrogen and oxygen atoms in total. The van der Waals surface area contributed by atoms with E-state index in [0.29, 0.717) is 36.9 Å². The summed E-state index contributed by atoms with van der Waals surface area (Å²) in [4.78, 5) is 22.7. The standard InChI is InChI=1S/C19H23ClN4O4S/c1-3-28-19(25)16-13-21-18(22-17(16)20)14(2)23-9-11-24(12-10-23)29(26,27)15-7-5-4-6-8-15/h4-8,13-14H,3,9-12H2,1-2H3. The molecule has 29 heavy (non-hydrogen) atoms. The highest BCUT2D eigenvalue weighted by Crippen LogP contribution is 2.24. The molecule has 0 aliphatic carbocycles. The van der Waals surface area contributed by atoms with Crippen LogP contribution in [0.2, 0.25) is 5.15 Å². The zero-order chi connectivity index (χ0) is 21.0. The van der Waals surface area contributed by atoms with E-state index in [9.17, 15) is 13.2 Å². The molecule has 1 aromatic carbocycles. The molecule has 0 spiro atoms. The van der Waals surface area contributed by atoms with Crippen molar-refractivity contribution in [1.82, 2.24) is 19.2 Å². The van der Waals surface area contributed by atoms with Crippen molar-refractivity contribution in [2.24, 2.45) is 0 Å². The van der Waals surface area contributed by atoms with Gasteiger partial charge >= 0.3 is 5.97 Å². The van der Waals surface area contributed by atoms with Crippen LogP contribution in [-0.2, 0) is 14.8 Å². The monoisotopic (exact) mass is 438 g/mol. The summed E-state index contributed by atoms with van der Waals surface area (Å²) < 4.78 is 31.9. The van der Waals surface area contributed by atoms with Gasteiger partial charge in [0.15, 0.2) is 0 Å². The highest BCUT2D eigenvalue weighted by molar-refractivity contribution is 7.89. The van der Waals surface area contributed by atoms with Crippen LogP contribution in [0.15, 0.2) is 41.4 Å². The van der Waals surface area contributed by atoms with Gasteiger partial charge in [0, 0.05) is 32.4 Å².